The van der Waals surface area contributed by atoms with Crippen LogP contribution in [0.5, 0.6) is 0 Å². The summed E-state index contributed by atoms with van der Waals surface area (Å²) in [4.78, 5) is 22.5. The lowest BCUT2D eigenvalue weighted by atomic mass is 9.89. The molecule has 2 aliphatic heterocycles. The quantitative estimate of drug-likeness (QED) is 0.533. The van der Waals surface area contributed by atoms with Crippen molar-refractivity contribution in [2.24, 2.45) is 5.92 Å². The van der Waals surface area contributed by atoms with E-state index in [1.165, 1.54) is 5.56 Å². The molecule has 1 saturated heterocycles. The zero-order valence-electron chi connectivity index (χ0n) is 19.6. The summed E-state index contributed by atoms with van der Waals surface area (Å²) in [5, 5.41) is 2.07. The molecule has 1 amide bonds. The van der Waals surface area contributed by atoms with E-state index in [0.717, 1.165) is 38.6 Å². The highest BCUT2D eigenvalue weighted by atomic mass is 19.3. The van der Waals surface area contributed by atoms with E-state index < -0.39 is 40.8 Å². The number of amides is 1. The Morgan fingerprint density at radius 1 is 1.08 bits per heavy atom. The van der Waals surface area contributed by atoms with Gasteiger partial charge in [-0.3, -0.25) is 4.79 Å². The van der Waals surface area contributed by atoms with Gasteiger partial charge in [-0.2, -0.15) is 18.2 Å². The monoisotopic (exact) mass is 497 g/mol. The predicted octanol–water partition coefficient (Wildman–Crippen LogP) is 4.10. The second-order valence-electron chi connectivity index (χ2n) is 10.1. The molecule has 6 rings (SSSR count). The summed E-state index contributed by atoms with van der Waals surface area (Å²) in [5.74, 6) is -6.30. The zero-order valence-corrected chi connectivity index (χ0v) is 19.6. The Labute approximate surface area is 204 Å². The molecule has 6 nitrogen and oxygen atoms in total. The van der Waals surface area contributed by atoms with Crippen molar-refractivity contribution in [3.05, 3.63) is 64.9 Å². The number of nitrogens with two attached hydrogens (primary N) is 1. The highest BCUT2D eigenvalue weighted by molar-refractivity contribution is 5.98. The summed E-state index contributed by atoms with van der Waals surface area (Å²) >= 11 is 0. The fraction of sp³-hybridized carbons (Fsp3) is 0.346. The first-order valence-corrected chi connectivity index (χ1v) is 11.7. The lowest BCUT2D eigenvalue weighted by molar-refractivity contribution is -0.0417. The molecule has 2 fully saturated rings. The van der Waals surface area contributed by atoms with Gasteiger partial charge < -0.3 is 16.0 Å². The lowest BCUT2D eigenvalue weighted by Gasteiger charge is -2.32. The summed E-state index contributed by atoms with van der Waals surface area (Å²) in [6.45, 7) is 3.16. The lowest BCUT2D eigenvalue weighted by Crippen LogP contribution is -2.49. The summed E-state index contributed by atoms with van der Waals surface area (Å²) in [6, 6.07) is 7.72. The minimum absolute atomic E-state index is 0.121. The molecule has 0 radical (unpaired) electrons. The van der Waals surface area contributed by atoms with E-state index in [4.69, 9.17) is 5.73 Å². The van der Waals surface area contributed by atoms with Crippen LogP contribution in [0.15, 0.2) is 36.4 Å². The number of likely N-dealkylation sites (tertiary alicyclic amines) is 1. The molecule has 3 aliphatic rings. The number of carbonyl (C=O) groups excluding carboxylic acids is 1. The number of rotatable bonds is 3. The molecule has 2 unspecified atom stereocenters. The maximum atomic E-state index is 14.9. The van der Waals surface area contributed by atoms with Crippen LogP contribution < -0.4 is 11.1 Å². The van der Waals surface area contributed by atoms with Crippen LogP contribution in [-0.2, 0) is 11.3 Å². The van der Waals surface area contributed by atoms with Gasteiger partial charge in [-0.1, -0.05) is 24.3 Å². The summed E-state index contributed by atoms with van der Waals surface area (Å²) in [7, 11) is 2.09. The van der Waals surface area contributed by atoms with E-state index in [1.807, 2.05) is 12.1 Å². The molecule has 3 atom stereocenters. The summed E-state index contributed by atoms with van der Waals surface area (Å²) in [5.41, 5.74) is 5.72. The molecule has 1 saturated carbocycles. The van der Waals surface area contributed by atoms with Gasteiger partial charge in [0.1, 0.15) is 17.2 Å². The third-order valence-electron chi connectivity index (χ3n) is 7.77. The van der Waals surface area contributed by atoms with Crippen molar-refractivity contribution < 1.29 is 22.4 Å². The largest absolute Gasteiger partial charge is 0.382 e. The number of nitrogens with zero attached hydrogens (tertiary/aromatic N) is 3. The van der Waals surface area contributed by atoms with Gasteiger partial charge in [-0.15, -0.1) is 0 Å². The molecule has 3 aromatic rings. The number of likely N-dealkylation sites (N-methyl/N-ethyl adjacent to an activating group) is 1. The molecule has 0 bridgehead atoms. The van der Waals surface area contributed by atoms with Gasteiger partial charge in [0.25, 0.3) is 11.8 Å². The number of piperidine rings is 1. The second-order valence-corrected chi connectivity index (χ2v) is 10.1. The fourth-order valence-electron chi connectivity index (χ4n) is 5.79. The van der Waals surface area contributed by atoms with Crippen LogP contribution in [0.2, 0.25) is 0 Å². The number of halogens is 4. The number of nitrogens with one attached hydrogen (secondary N) is 1. The minimum atomic E-state index is -3.53. The molecule has 2 aromatic carbocycles. The number of nitrogen functional groups attached to an aromatic ring is 1. The zero-order chi connectivity index (χ0) is 25.6. The van der Waals surface area contributed by atoms with E-state index in [2.05, 4.69) is 27.2 Å². The third kappa shape index (κ3) is 3.23. The fourth-order valence-corrected chi connectivity index (χ4v) is 5.79. The number of benzene rings is 2. The van der Waals surface area contributed by atoms with Crippen LogP contribution in [0.3, 0.4) is 0 Å². The Kier molecular flexibility index (Phi) is 4.76. The highest BCUT2D eigenvalue weighted by Crippen LogP contribution is 2.58. The summed E-state index contributed by atoms with van der Waals surface area (Å²) in [6.07, 6.45) is 1.13. The van der Waals surface area contributed by atoms with Gasteiger partial charge in [0.2, 0.25) is 5.95 Å². The summed E-state index contributed by atoms with van der Waals surface area (Å²) < 4.78 is 59.4. The molecule has 186 valence electrons. The average molecular weight is 497 g/mol. The number of anilines is 1. The van der Waals surface area contributed by atoms with Crippen LogP contribution in [0.1, 0.15) is 34.8 Å². The van der Waals surface area contributed by atoms with Crippen LogP contribution in [0.4, 0.5) is 23.4 Å². The number of fused-ring (bicyclic) bond motifs is 2. The maximum absolute atomic E-state index is 14.9. The Morgan fingerprint density at radius 3 is 2.47 bits per heavy atom. The third-order valence-corrected chi connectivity index (χ3v) is 7.77. The van der Waals surface area contributed by atoms with Crippen molar-refractivity contribution in [3.8, 4) is 22.5 Å². The Balaban J connectivity index is 1.41. The Morgan fingerprint density at radius 2 is 1.81 bits per heavy atom. The van der Waals surface area contributed by atoms with Crippen molar-refractivity contribution in [1.82, 2.24) is 20.2 Å². The minimum Gasteiger partial charge on any atom is -0.382 e. The van der Waals surface area contributed by atoms with E-state index in [-0.39, 0.29) is 28.2 Å². The first kappa shape index (κ1) is 22.9. The first-order valence-electron chi connectivity index (χ1n) is 11.7. The van der Waals surface area contributed by atoms with E-state index >= 15 is 0 Å². The molecular formula is C26H23F4N5O. The van der Waals surface area contributed by atoms with Crippen LogP contribution in [-0.4, -0.2) is 47.0 Å². The topological polar surface area (TPSA) is 84.1 Å². The smallest absolute Gasteiger partial charge is 0.293 e. The van der Waals surface area contributed by atoms with Crippen LogP contribution in [0, 0.1) is 17.7 Å². The average Bonchev–Trinajstić information content (AvgIpc) is 3.39. The normalized spacial score (nSPS) is 26.3. The van der Waals surface area contributed by atoms with E-state index in [0.29, 0.717) is 11.5 Å². The molecule has 1 aliphatic carbocycles. The molecule has 0 spiro atoms. The first-order chi connectivity index (χ1) is 17.0. The van der Waals surface area contributed by atoms with Gasteiger partial charge >= 0.3 is 0 Å². The molecule has 3 N–H and O–H groups in total. The molecule has 36 heavy (non-hydrogen) atoms. The number of aromatic nitrogens is 2. The SMILES string of the molecule is CC1NC(=O)c2c(F)cc(-c3nc(-c4ccc([C@]56CC5CN(C)C6)cc4)c(F)nc3N)cc2C1(F)F. The number of hydrogen-bond acceptors (Lipinski definition) is 5. The van der Waals surface area contributed by atoms with Crippen molar-refractivity contribution in [2.75, 3.05) is 25.9 Å². The number of alkyl halides is 2. The van der Waals surface area contributed by atoms with Gasteiger partial charge in [0, 0.05) is 35.2 Å². The van der Waals surface area contributed by atoms with Crippen molar-refractivity contribution >= 4 is 11.7 Å². The van der Waals surface area contributed by atoms with Gasteiger partial charge in [-0.25, -0.2) is 9.37 Å². The van der Waals surface area contributed by atoms with Crippen molar-refractivity contribution in [3.63, 3.8) is 0 Å². The second kappa shape index (κ2) is 7.49. The van der Waals surface area contributed by atoms with Crippen LogP contribution >= 0.6 is 0 Å². The van der Waals surface area contributed by atoms with Gasteiger partial charge in [-0.05, 0) is 44.0 Å². The van der Waals surface area contributed by atoms with Crippen LogP contribution in [0.25, 0.3) is 22.5 Å². The van der Waals surface area contributed by atoms with Gasteiger partial charge in [0.05, 0.1) is 11.6 Å². The number of carbonyl (C=O) groups is 1. The predicted molar refractivity (Wildman–Crippen MR) is 125 cm³/mol. The molecule has 3 heterocycles. The molecule has 1 aromatic heterocycles. The molecular weight excluding hydrogens is 474 g/mol. The van der Waals surface area contributed by atoms with Gasteiger partial charge in [0.15, 0.2) is 5.82 Å². The maximum Gasteiger partial charge on any atom is 0.293 e. The van der Waals surface area contributed by atoms with Crippen molar-refractivity contribution in [1.29, 1.82) is 0 Å². The number of hydrogen-bond donors (Lipinski definition) is 2. The standard InChI is InChI=1S/C26H23F4N5O/c1-12-26(29,30)17-7-14(8-18(27)19(17)24(36)32-12)21-23(31)34-22(28)20(33-21)13-3-5-15(6-4-13)25-9-16(25)10-35(2)11-25/h3-8,12,16H,9-11H2,1-2H3,(H2,31,34)(H,32,36)/t12?,16?,25-/m1/s1. The van der Waals surface area contributed by atoms with Crippen molar-refractivity contribution in [2.45, 2.75) is 30.7 Å². The highest BCUT2D eigenvalue weighted by Gasteiger charge is 2.59. The van der Waals surface area contributed by atoms with E-state index in [9.17, 15) is 22.4 Å². The Hall–Kier alpha value is -3.53. The van der Waals surface area contributed by atoms with E-state index in [1.54, 1.807) is 12.1 Å². The molecule has 10 heteroatoms. The Bertz CT molecular complexity index is 1430.